The van der Waals surface area contributed by atoms with Crippen molar-refractivity contribution in [3.63, 3.8) is 0 Å². The molecule has 6 nitrogen and oxygen atoms in total. The molecule has 0 aliphatic carbocycles. The number of ether oxygens (including phenoxy) is 2. The number of esters is 1. The number of hydrogen-bond acceptors (Lipinski definition) is 6. The maximum Gasteiger partial charge on any atom is 0.343 e. The van der Waals surface area contributed by atoms with Crippen LogP contribution in [0.15, 0.2) is 76.1 Å². The molecular formula is C26H20BrNO5S. The van der Waals surface area contributed by atoms with Crippen LogP contribution < -0.4 is 9.47 Å². The Balaban J connectivity index is 1.51. The molecule has 2 amide bonds. The molecular weight excluding hydrogens is 518 g/mol. The molecule has 0 spiro atoms. The van der Waals surface area contributed by atoms with E-state index in [1.165, 1.54) is 12.0 Å². The molecule has 0 bridgehead atoms. The summed E-state index contributed by atoms with van der Waals surface area (Å²) >= 11 is 4.26. The fourth-order valence-corrected chi connectivity index (χ4v) is 4.45. The Morgan fingerprint density at radius 2 is 1.79 bits per heavy atom. The molecule has 1 aliphatic rings. The Morgan fingerprint density at radius 3 is 2.50 bits per heavy atom. The Morgan fingerprint density at radius 1 is 1.03 bits per heavy atom. The van der Waals surface area contributed by atoms with E-state index in [-0.39, 0.29) is 23.4 Å². The van der Waals surface area contributed by atoms with Gasteiger partial charge >= 0.3 is 5.97 Å². The van der Waals surface area contributed by atoms with Crippen molar-refractivity contribution >= 4 is 50.9 Å². The lowest BCUT2D eigenvalue weighted by Gasteiger charge is -2.12. The number of hydrogen-bond donors (Lipinski definition) is 0. The third kappa shape index (κ3) is 5.40. The second-order valence-electron chi connectivity index (χ2n) is 7.56. The van der Waals surface area contributed by atoms with Crippen molar-refractivity contribution in [3.8, 4) is 11.5 Å². The van der Waals surface area contributed by atoms with Crippen LogP contribution in [0.5, 0.6) is 11.5 Å². The van der Waals surface area contributed by atoms with E-state index in [2.05, 4.69) is 15.9 Å². The van der Waals surface area contributed by atoms with E-state index < -0.39 is 5.97 Å². The number of thioether (sulfide) groups is 1. The van der Waals surface area contributed by atoms with Gasteiger partial charge in [0.15, 0.2) is 11.5 Å². The number of aryl methyl sites for hydroxylation is 1. The highest BCUT2D eigenvalue weighted by atomic mass is 79.9. The zero-order chi connectivity index (χ0) is 24.2. The van der Waals surface area contributed by atoms with Gasteiger partial charge in [0.05, 0.1) is 24.1 Å². The second kappa shape index (κ2) is 10.3. The number of amides is 2. The lowest BCUT2D eigenvalue weighted by molar-refractivity contribution is -0.123. The number of halogens is 1. The fraction of sp³-hybridized carbons (Fsp3) is 0.115. The zero-order valence-corrected chi connectivity index (χ0v) is 20.8. The molecule has 1 heterocycles. The number of rotatable bonds is 6. The van der Waals surface area contributed by atoms with Crippen LogP contribution in [0.1, 0.15) is 27.0 Å². The first-order chi connectivity index (χ1) is 16.3. The lowest BCUT2D eigenvalue weighted by atomic mass is 10.1. The third-order valence-corrected chi connectivity index (χ3v) is 6.51. The Labute approximate surface area is 209 Å². The summed E-state index contributed by atoms with van der Waals surface area (Å²) in [4.78, 5) is 39.3. The summed E-state index contributed by atoms with van der Waals surface area (Å²) in [5, 5.41) is -0.324. The van der Waals surface area contributed by atoms with Crippen molar-refractivity contribution in [2.75, 3.05) is 7.11 Å². The molecule has 34 heavy (non-hydrogen) atoms. The molecule has 4 rings (SSSR count). The number of methoxy groups -OCH3 is 1. The number of nitrogens with zero attached hydrogens (tertiary/aromatic N) is 1. The smallest absolute Gasteiger partial charge is 0.343 e. The Bertz CT molecular complexity index is 1300. The van der Waals surface area contributed by atoms with Gasteiger partial charge in [-0.1, -0.05) is 51.8 Å². The average Bonchev–Trinajstić information content (AvgIpc) is 3.08. The van der Waals surface area contributed by atoms with Gasteiger partial charge in [-0.05, 0) is 72.3 Å². The summed E-state index contributed by atoms with van der Waals surface area (Å²) in [6.07, 6.45) is 1.63. The predicted molar refractivity (Wildman–Crippen MR) is 135 cm³/mol. The minimum Gasteiger partial charge on any atom is -0.493 e. The van der Waals surface area contributed by atoms with Gasteiger partial charge < -0.3 is 9.47 Å². The minimum absolute atomic E-state index is 0.201. The summed E-state index contributed by atoms with van der Waals surface area (Å²) < 4.78 is 11.8. The van der Waals surface area contributed by atoms with E-state index in [1.807, 2.05) is 37.3 Å². The van der Waals surface area contributed by atoms with Gasteiger partial charge in [-0.3, -0.25) is 14.5 Å². The quantitative estimate of drug-likeness (QED) is 0.211. The van der Waals surface area contributed by atoms with Gasteiger partial charge in [0.25, 0.3) is 11.1 Å². The molecule has 0 N–H and O–H groups in total. The van der Waals surface area contributed by atoms with Gasteiger partial charge in [-0.25, -0.2) is 4.79 Å². The van der Waals surface area contributed by atoms with Crippen molar-refractivity contribution in [3.05, 3.63) is 98.4 Å². The molecule has 8 heteroatoms. The van der Waals surface area contributed by atoms with E-state index in [4.69, 9.17) is 9.47 Å². The maximum absolute atomic E-state index is 12.8. The van der Waals surface area contributed by atoms with E-state index in [0.717, 1.165) is 27.4 Å². The Kier molecular flexibility index (Phi) is 7.19. The highest BCUT2D eigenvalue weighted by Gasteiger charge is 2.35. The van der Waals surface area contributed by atoms with Gasteiger partial charge in [-0.15, -0.1) is 0 Å². The average molecular weight is 538 g/mol. The fourth-order valence-electron chi connectivity index (χ4n) is 3.35. The number of imide groups is 1. The SMILES string of the molecule is COc1cc(/C=C2\SC(=O)N(Cc3ccc(Br)cc3)C2=O)ccc1OC(=O)c1cccc(C)c1. The van der Waals surface area contributed by atoms with Gasteiger partial charge in [0, 0.05) is 4.47 Å². The van der Waals surface area contributed by atoms with E-state index in [0.29, 0.717) is 21.8 Å². The van der Waals surface area contributed by atoms with Crippen LogP contribution >= 0.6 is 27.7 Å². The molecule has 3 aromatic rings. The molecule has 0 radical (unpaired) electrons. The van der Waals surface area contributed by atoms with Gasteiger partial charge in [0.2, 0.25) is 0 Å². The molecule has 1 fully saturated rings. The van der Waals surface area contributed by atoms with Crippen LogP contribution in [0, 0.1) is 6.92 Å². The van der Waals surface area contributed by atoms with Crippen molar-refractivity contribution in [2.24, 2.45) is 0 Å². The molecule has 0 unspecified atom stereocenters. The Hall–Kier alpha value is -3.36. The van der Waals surface area contributed by atoms with Crippen molar-refractivity contribution in [1.29, 1.82) is 0 Å². The first-order valence-electron chi connectivity index (χ1n) is 10.3. The first kappa shape index (κ1) is 23.8. The van der Waals surface area contributed by atoms with Crippen LogP contribution in [0.3, 0.4) is 0 Å². The topological polar surface area (TPSA) is 72.9 Å². The van der Waals surface area contributed by atoms with Crippen LogP contribution in [0.2, 0.25) is 0 Å². The van der Waals surface area contributed by atoms with Gasteiger partial charge in [0.1, 0.15) is 0 Å². The minimum atomic E-state index is -0.496. The number of carbonyl (C=O) groups is 3. The molecule has 1 aliphatic heterocycles. The van der Waals surface area contributed by atoms with E-state index >= 15 is 0 Å². The zero-order valence-electron chi connectivity index (χ0n) is 18.4. The van der Waals surface area contributed by atoms with E-state index in [1.54, 1.807) is 42.5 Å². The van der Waals surface area contributed by atoms with Gasteiger partial charge in [-0.2, -0.15) is 0 Å². The summed E-state index contributed by atoms with van der Waals surface area (Å²) in [5.74, 6) is -0.256. The standard InChI is InChI=1S/C26H20BrNO5S/c1-16-4-3-5-19(12-16)25(30)33-21-11-8-18(13-22(21)32-2)14-23-24(29)28(26(31)34-23)15-17-6-9-20(27)10-7-17/h3-14H,15H2,1-2H3/b23-14-. The lowest BCUT2D eigenvalue weighted by Crippen LogP contribution is -2.27. The highest BCUT2D eigenvalue weighted by Crippen LogP contribution is 2.35. The molecule has 1 saturated heterocycles. The molecule has 0 saturated carbocycles. The van der Waals surface area contributed by atoms with Crippen LogP contribution in [0.4, 0.5) is 4.79 Å². The van der Waals surface area contributed by atoms with Crippen molar-refractivity contribution in [2.45, 2.75) is 13.5 Å². The summed E-state index contributed by atoms with van der Waals surface area (Å²) in [6.45, 7) is 2.10. The summed E-state index contributed by atoms with van der Waals surface area (Å²) in [7, 11) is 1.47. The molecule has 0 atom stereocenters. The summed E-state index contributed by atoms with van der Waals surface area (Å²) in [6, 6.07) is 19.5. The predicted octanol–water partition coefficient (Wildman–Crippen LogP) is 6.22. The molecule has 172 valence electrons. The number of benzene rings is 3. The monoisotopic (exact) mass is 537 g/mol. The van der Waals surface area contributed by atoms with Crippen LogP contribution in [-0.2, 0) is 11.3 Å². The normalized spacial score (nSPS) is 14.6. The van der Waals surface area contributed by atoms with Crippen LogP contribution in [0.25, 0.3) is 6.08 Å². The summed E-state index contributed by atoms with van der Waals surface area (Å²) in [5.41, 5.74) is 2.88. The first-order valence-corrected chi connectivity index (χ1v) is 11.9. The second-order valence-corrected chi connectivity index (χ2v) is 9.47. The van der Waals surface area contributed by atoms with Crippen molar-refractivity contribution < 1.29 is 23.9 Å². The highest BCUT2D eigenvalue weighted by molar-refractivity contribution is 9.10. The van der Waals surface area contributed by atoms with E-state index in [9.17, 15) is 14.4 Å². The third-order valence-electron chi connectivity index (χ3n) is 5.07. The molecule has 0 aromatic heterocycles. The maximum atomic E-state index is 12.8. The number of carbonyl (C=O) groups excluding carboxylic acids is 3. The largest absolute Gasteiger partial charge is 0.493 e. The molecule has 3 aromatic carbocycles. The van der Waals surface area contributed by atoms with Crippen molar-refractivity contribution in [1.82, 2.24) is 4.90 Å². The van der Waals surface area contributed by atoms with Crippen LogP contribution in [-0.4, -0.2) is 29.1 Å².